The number of hydrogen-bond acceptors (Lipinski definition) is 3. The summed E-state index contributed by atoms with van der Waals surface area (Å²) >= 11 is 0. The third-order valence-electron chi connectivity index (χ3n) is 3.05. The molecule has 1 heterocycles. The van der Waals surface area contributed by atoms with Gasteiger partial charge < -0.3 is 11.1 Å². The normalized spacial score (nSPS) is 10.9. The molecule has 18 heavy (non-hydrogen) atoms. The van der Waals surface area contributed by atoms with Gasteiger partial charge in [-0.15, -0.1) is 0 Å². The van der Waals surface area contributed by atoms with Gasteiger partial charge in [-0.1, -0.05) is 19.9 Å². The summed E-state index contributed by atoms with van der Waals surface area (Å²) in [5.74, 6) is 0.384. The van der Waals surface area contributed by atoms with Crippen LogP contribution in [0.4, 0.5) is 17.1 Å². The number of nitrogens with one attached hydrogen (secondary N) is 1. The Kier molecular flexibility index (Phi) is 3.28. The lowest BCUT2D eigenvalue weighted by Crippen LogP contribution is -1.99. The van der Waals surface area contributed by atoms with Crippen molar-refractivity contribution >= 4 is 17.1 Å². The molecule has 3 N–H and O–H groups in total. The first-order valence-electron chi connectivity index (χ1n) is 6.14. The summed E-state index contributed by atoms with van der Waals surface area (Å²) in [6.07, 6.45) is 2.00. The molecule has 1 aromatic carbocycles. The largest absolute Gasteiger partial charge is 0.398 e. The van der Waals surface area contributed by atoms with E-state index in [0.717, 1.165) is 28.3 Å². The fourth-order valence-corrected chi connectivity index (χ4v) is 1.96. The Morgan fingerprint density at radius 1 is 1.28 bits per heavy atom. The zero-order chi connectivity index (χ0) is 13.3. The Bertz CT molecular complexity index is 555. The van der Waals surface area contributed by atoms with E-state index in [1.54, 1.807) is 0 Å². The highest BCUT2D eigenvalue weighted by molar-refractivity contribution is 5.70. The van der Waals surface area contributed by atoms with Crippen LogP contribution in [0, 0.1) is 6.92 Å². The van der Waals surface area contributed by atoms with Crippen molar-refractivity contribution < 1.29 is 0 Å². The molecule has 0 spiro atoms. The topological polar surface area (TPSA) is 55.9 Å². The van der Waals surface area contributed by atoms with E-state index in [4.69, 9.17) is 5.73 Å². The fraction of sp³-hybridized carbons (Fsp3) is 0.357. The molecule has 0 aliphatic heterocycles. The second-order valence-corrected chi connectivity index (χ2v) is 4.90. The molecule has 0 saturated carbocycles. The van der Waals surface area contributed by atoms with Gasteiger partial charge in [-0.05, 0) is 30.5 Å². The summed E-state index contributed by atoms with van der Waals surface area (Å²) in [5.41, 5.74) is 10.9. The maximum Gasteiger partial charge on any atom is 0.0884 e. The summed E-state index contributed by atoms with van der Waals surface area (Å²) in [4.78, 5) is 0. The van der Waals surface area contributed by atoms with E-state index in [0.29, 0.717) is 5.92 Å². The van der Waals surface area contributed by atoms with Gasteiger partial charge in [0.15, 0.2) is 0 Å². The molecule has 1 aromatic heterocycles. The minimum Gasteiger partial charge on any atom is -0.398 e. The van der Waals surface area contributed by atoms with Crippen LogP contribution < -0.4 is 11.1 Å². The van der Waals surface area contributed by atoms with Gasteiger partial charge in [0.05, 0.1) is 11.4 Å². The van der Waals surface area contributed by atoms with Gasteiger partial charge in [-0.2, -0.15) is 5.10 Å². The first kappa shape index (κ1) is 12.5. The Labute approximate surface area is 108 Å². The summed E-state index contributed by atoms with van der Waals surface area (Å²) in [7, 11) is 1.93. The second-order valence-electron chi connectivity index (χ2n) is 4.90. The van der Waals surface area contributed by atoms with E-state index >= 15 is 0 Å². The zero-order valence-electron chi connectivity index (χ0n) is 11.4. The van der Waals surface area contributed by atoms with Crippen LogP contribution in [0.3, 0.4) is 0 Å². The quantitative estimate of drug-likeness (QED) is 0.815. The highest BCUT2D eigenvalue weighted by Gasteiger charge is 2.12. The molecule has 0 amide bonds. The summed E-state index contributed by atoms with van der Waals surface area (Å²) in [6, 6.07) is 5.89. The molecule has 96 valence electrons. The number of hydrogen-bond donors (Lipinski definition) is 2. The van der Waals surface area contributed by atoms with Crippen LogP contribution in [0.2, 0.25) is 0 Å². The van der Waals surface area contributed by atoms with Crippen LogP contribution in [-0.4, -0.2) is 9.78 Å². The number of rotatable bonds is 3. The van der Waals surface area contributed by atoms with Crippen molar-refractivity contribution in [1.29, 1.82) is 0 Å². The van der Waals surface area contributed by atoms with Crippen LogP contribution in [0.15, 0.2) is 24.4 Å². The van der Waals surface area contributed by atoms with Crippen LogP contribution >= 0.6 is 0 Å². The van der Waals surface area contributed by atoms with Gasteiger partial charge in [0.2, 0.25) is 0 Å². The summed E-state index contributed by atoms with van der Waals surface area (Å²) < 4.78 is 1.83. The molecule has 2 rings (SSSR count). The molecule has 0 bridgehead atoms. The molecule has 4 heteroatoms. The maximum atomic E-state index is 5.92. The highest BCUT2D eigenvalue weighted by atomic mass is 15.3. The molecular formula is C14H20N4. The van der Waals surface area contributed by atoms with Gasteiger partial charge in [-0.3, -0.25) is 4.68 Å². The smallest absolute Gasteiger partial charge is 0.0884 e. The monoisotopic (exact) mass is 244 g/mol. The number of aryl methyl sites for hydroxylation is 1. The number of nitrogen functional groups attached to an aromatic ring is 1. The third-order valence-corrected chi connectivity index (χ3v) is 3.05. The predicted octanol–water partition coefficient (Wildman–Crippen LogP) is 3.18. The standard InChI is InChI=1S/C14H20N4/c1-9(2)14-13(8-18(4)17-14)16-12-7-5-6-11(15)10(12)3/h5-9,16H,15H2,1-4H3. The van der Waals surface area contributed by atoms with E-state index < -0.39 is 0 Å². The van der Waals surface area contributed by atoms with E-state index in [9.17, 15) is 0 Å². The number of aromatic nitrogens is 2. The molecule has 0 radical (unpaired) electrons. The predicted molar refractivity (Wildman–Crippen MR) is 76.2 cm³/mol. The van der Waals surface area contributed by atoms with Crippen molar-refractivity contribution in [2.24, 2.45) is 7.05 Å². The first-order valence-corrected chi connectivity index (χ1v) is 6.14. The molecule has 2 aromatic rings. The number of anilines is 3. The number of nitrogens with zero attached hydrogens (tertiary/aromatic N) is 2. The number of nitrogens with two attached hydrogens (primary N) is 1. The molecule has 0 atom stereocenters. The average Bonchev–Trinajstić information content (AvgIpc) is 2.66. The van der Waals surface area contributed by atoms with Crippen molar-refractivity contribution in [3.05, 3.63) is 35.7 Å². The van der Waals surface area contributed by atoms with Gasteiger partial charge in [0.25, 0.3) is 0 Å². The summed E-state index contributed by atoms with van der Waals surface area (Å²) in [6.45, 7) is 6.29. The lowest BCUT2D eigenvalue weighted by Gasteiger charge is -2.12. The Balaban J connectivity index is 2.37. The van der Waals surface area contributed by atoms with E-state index in [1.807, 2.05) is 43.0 Å². The highest BCUT2D eigenvalue weighted by Crippen LogP contribution is 2.28. The van der Waals surface area contributed by atoms with Crippen LogP contribution in [0.25, 0.3) is 0 Å². The van der Waals surface area contributed by atoms with E-state index in [1.165, 1.54) is 0 Å². The van der Waals surface area contributed by atoms with Gasteiger partial charge in [0, 0.05) is 24.6 Å². The van der Waals surface area contributed by atoms with Gasteiger partial charge in [-0.25, -0.2) is 0 Å². The van der Waals surface area contributed by atoms with Gasteiger partial charge in [0.1, 0.15) is 0 Å². The van der Waals surface area contributed by atoms with Crippen LogP contribution in [0.1, 0.15) is 31.0 Å². The zero-order valence-corrected chi connectivity index (χ0v) is 11.4. The van der Waals surface area contributed by atoms with Gasteiger partial charge >= 0.3 is 0 Å². The van der Waals surface area contributed by atoms with Crippen molar-refractivity contribution in [3.8, 4) is 0 Å². The second kappa shape index (κ2) is 4.72. The van der Waals surface area contributed by atoms with Crippen molar-refractivity contribution in [2.45, 2.75) is 26.7 Å². The first-order chi connectivity index (χ1) is 8.49. The Morgan fingerprint density at radius 3 is 2.67 bits per heavy atom. The molecule has 0 aliphatic carbocycles. The van der Waals surface area contributed by atoms with Crippen LogP contribution in [0.5, 0.6) is 0 Å². The Morgan fingerprint density at radius 2 is 2.00 bits per heavy atom. The Hall–Kier alpha value is -1.97. The van der Waals surface area contributed by atoms with Crippen molar-refractivity contribution in [2.75, 3.05) is 11.1 Å². The van der Waals surface area contributed by atoms with Crippen molar-refractivity contribution in [3.63, 3.8) is 0 Å². The molecule has 0 fully saturated rings. The molecule has 0 saturated heterocycles. The average molecular weight is 244 g/mol. The third kappa shape index (κ3) is 2.32. The van der Waals surface area contributed by atoms with E-state index in [-0.39, 0.29) is 0 Å². The molecule has 4 nitrogen and oxygen atoms in total. The minimum absolute atomic E-state index is 0.384. The SMILES string of the molecule is Cc1c(N)cccc1Nc1cn(C)nc1C(C)C. The fourth-order valence-electron chi connectivity index (χ4n) is 1.96. The minimum atomic E-state index is 0.384. The molecule has 0 aliphatic rings. The van der Waals surface area contributed by atoms with Crippen molar-refractivity contribution in [1.82, 2.24) is 9.78 Å². The maximum absolute atomic E-state index is 5.92. The molecular weight excluding hydrogens is 224 g/mol. The summed E-state index contributed by atoms with van der Waals surface area (Å²) in [5, 5.41) is 7.90. The lowest BCUT2D eigenvalue weighted by molar-refractivity contribution is 0.713. The lowest BCUT2D eigenvalue weighted by atomic mass is 10.1. The van der Waals surface area contributed by atoms with Crippen LogP contribution in [-0.2, 0) is 7.05 Å². The number of benzene rings is 1. The van der Waals surface area contributed by atoms with E-state index in [2.05, 4.69) is 24.3 Å². The molecule has 0 unspecified atom stereocenters.